The van der Waals surface area contributed by atoms with Gasteiger partial charge in [-0.1, -0.05) is 23.7 Å². The third kappa shape index (κ3) is 6.92. The summed E-state index contributed by atoms with van der Waals surface area (Å²) in [6, 6.07) is 11.1. The van der Waals surface area contributed by atoms with Crippen LogP contribution in [0.2, 0.25) is 5.02 Å². The topological polar surface area (TPSA) is 186 Å². The SMILES string of the molecule is COc1cc(C(=O)Nc2ccn([C@@H]3O[C@H](COP4(=O)OCC[C@@H](c5cccc(Cl)c5)O4)[C@@H](O)[C@@]3(C)O)c(=O)n2)cc(OC)c1OC. The minimum absolute atomic E-state index is 0.0758. The van der Waals surface area contributed by atoms with E-state index in [4.69, 9.17) is 44.1 Å². The number of amides is 1. The van der Waals surface area contributed by atoms with Gasteiger partial charge >= 0.3 is 13.5 Å². The number of benzene rings is 2. The Hall–Kier alpha value is -3.53. The molecular formula is C29H33ClN3O12P. The van der Waals surface area contributed by atoms with Gasteiger partial charge in [0.05, 0.1) is 40.6 Å². The summed E-state index contributed by atoms with van der Waals surface area (Å²) in [4.78, 5) is 29.9. The number of aliphatic hydroxyl groups is 2. The molecule has 46 heavy (non-hydrogen) atoms. The summed E-state index contributed by atoms with van der Waals surface area (Å²) in [5, 5.41) is 25.0. The summed E-state index contributed by atoms with van der Waals surface area (Å²) in [5.74, 6) is 0.0724. The van der Waals surface area contributed by atoms with E-state index in [9.17, 15) is 24.4 Å². The number of nitrogens with zero attached hydrogens (tertiary/aromatic N) is 2. The lowest BCUT2D eigenvalue weighted by atomic mass is 9.96. The zero-order valence-electron chi connectivity index (χ0n) is 25.2. The number of carbonyl (C=O) groups is 1. The van der Waals surface area contributed by atoms with Gasteiger partial charge in [-0.25, -0.2) is 9.36 Å². The van der Waals surface area contributed by atoms with Crippen molar-refractivity contribution in [3.05, 3.63) is 75.3 Å². The summed E-state index contributed by atoms with van der Waals surface area (Å²) in [7, 11) is 0.149. The Balaban J connectivity index is 1.27. The van der Waals surface area contributed by atoms with E-state index in [2.05, 4.69) is 10.3 Å². The van der Waals surface area contributed by atoms with Crippen molar-refractivity contribution >= 4 is 31.1 Å². The highest BCUT2D eigenvalue weighted by atomic mass is 35.5. The number of phosphoric ester groups is 1. The normalized spacial score (nSPS) is 27.6. The number of phosphoric acid groups is 1. The van der Waals surface area contributed by atoms with E-state index in [0.717, 1.165) is 4.57 Å². The van der Waals surface area contributed by atoms with Crippen LogP contribution in [0.25, 0.3) is 0 Å². The highest BCUT2D eigenvalue weighted by Gasteiger charge is 2.54. The highest BCUT2D eigenvalue weighted by molar-refractivity contribution is 7.48. The minimum atomic E-state index is -4.09. The molecule has 1 amide bonds. The lowest BCUT2D eigenvalue weighted by molar-refractivity contribution is -0.0989. The Labute approximate surface area is 268 Å². The van der Waals surface area contributed by atoms with Crippen molar-refractivity contribution in [2.75, 3.05) is 39.9 Å². The van der Waals surface area contributed by atoms with Crippen LogP contribution in [0.4, 0.5) is 5.82 Å². The van der Waals surface area contributed by atoms with Gasteiger partial charge in [-0.15, -0.1) is 0 Å². The first-order chi connectivity index (χ1) is 21.9. The van der Waals surface area contributed by atoms with Crippen molar-refractivity contribution < 1.29 is 52.1 Å². The van der Waals surface area contributed by atoms with E-state index in [0.29, 0.717) is 22.8 Å². The number of methoxy groups -OCH3 is 3. The van der Waals surface area contributed by atoms with Crippen LogP contribution in [0.1, 0.15) is 41.6 Å². The number of ether oxygens (including phenoxy) is 4. The van der Waals surface area contributed by atoms with Crippen LogP contribution in [0.15, 0.2) is 53.5 Å². The quantitative estimate of drug-likeness (QED) is 0.264. The van der Waals surface area contributed by atoms with Crippen LogP contribution < -0.4 is 25.2 Å². The molecule has 3 aromatic rings. The van der Waals surface area contributed by atoms with Gasteiger partial charge in [0.25, 0.3) is 5.91 Å². The van der Waals surface area contributed by atoms with Crippen LogP contribution in [-0.4, -0.2) is 78.0 Å². The highest BCUT2D eigenvalue weighted by Crippen LogP contribution is 2.57. The first-order valence-electron chi connectivity index (χ1n) is 14.0. The standard InChI is InChI=1S/C29H33ClN3O12P/c1-29(37)25(34)22(15-43-46(38)42-11-9-19(45-46)16-6-5-7-18(30)12-16)44-27(29)33-10-8-23(32-28(33)36)31-26(35)17-13-20(39-2)24(41-4)21(14-17)40-3/h5-8,10,12-14,19,22,25,27,34,37H,9,11,15H2,1-4H3,(H,31,32,35,36)/t19-,22+,25+,27+,29+,46?/m0/s1. The van der Waals surface area contributed by atoms with Crippen LogP contribution >= 0.6 is 19.4 Å². The molecule has 0 saturated carbocycles. The lowest BCUT2D eigenvalue weighted by Crippen LogP contribution is -2.46. The summed E-state index contributed by atoms with van der Waals surface area (Å²) in [6.45, 7) is 0.838. The maximum Gasteiger partial charge on any atom is 0.475 e. The van der Waals surface area contributed by atoms with Crippen molar-refractivity contribution in [2.45, 2.75) is 43.5 Å². The second kappa shape index (κ2) is 13.7. The largest absolute Gasteiger partial charge is 0.493 e. The average molecular weight is 682 g/mol. The van der Waals surface area contributed by atoms with Gasteiger partial charge in [-0.3, -0.25) is 22.9 Å². The van der Waals surface area contributed by atoms with Gasteiger partial charge in [0.1, 0.15) is 23.6 Å². The van der Waals surface area contributed by atoms with Gasteiger partial charge in [0.2, 0.25) is 5.75 Å². The maximum atomic E-state index is 13.2. The van der Waals surface area contributed by atoms with E-state index >= 15 is 0 Å². The third-order valence-electron chi connectivity index (χ3n) is 7.51. The fourth-order valence-electron chi connectivity index (χ4n) is 5.12. The first kappa shape index (κ1) is 33.8. The van der Waals surface area contributed by atoms with E-state index in [1.807, 2.05) is 0 Å². The summed E-state index contributed by atoms with van der Waals surface area (Å²) in [6.07, 6.45) is -3.22. The third-order valence-corrected chi connectivity index (χ3v) is 9.22. The molecule has 3 N–H and O–H groups in total. The van der Waals surface area contributed by atoms with E-state index in [-0.39, 0.29) is 29.5 Å². The van der Waals surface area contributed by atoms with E-state index in [1.165, 1.54) is 52.6 Å². The number of halogens is 1. The number of aromatic nitrogens is 2. The number of carbonyl (C=O) groups excluding carboxylic acids is 1. The smallest absolute Gasteiger partial charge is 0.475 e. The predicted molar refractivity (Wildman–Crippen MR) is 162 cm³/mol. The molecule has 6 atom stereocenters. The molecule has 2 saturated heterocycles. The van der Waals surface area contributed by atoms with Gasteiger partial charge in [0, 0.05) is 23.2 Å². The molecule has 15 nitrogen and oxygen atoms in total. The van der Waals surface area contributed by atoms with Crippen molar-refractivity contribution in [1.82, 2.24) is 9.55 Å². The van der Waals surface area contributed by atoms with E-state index < -0.39 is 56.2 Å². The fraction of sp³-hybridized carbons (Fsp3) is 0.414. The zero-order chi connectivity index (χ0) is 33.2. The number of hydrogen-bond acceptors (Lipinski definition) is 13. The Morgan fingerprint density at radius 3 is 2.52 bits per heavy atom. The van der Waals surface area contributed by atoms with Crippen molar-refractivity contribution in [3.8, 4) is 17.2 Å². The molecule has 2 aliphatic heterocycles. The monoisotopic (exact) mass is 681 g/mol. The maximum absolute atomic E-state index is 13.2. The first-order valence-corrected chi connectivity index (χ1v) is 15.8. The molecule has 3 heterocycles. The Kier molecular flexibility index (Phi) is 10.1. The van der Waals surface area contributed by atoms with Crippen LogP contribution in [0.3, 0.4) is 0 Å². The average Bonchev–Trinajstić information content (AvgIpc) is 3.26. The number of nitrogens with one attached hydrogen (secondary N) is 1. The van der Waals surface area contributed by atoms with E-state index in [1.54, 1.807) is 24.3 Å². The molecule has 0 aliphatic carbocycles. The van der Waals surface area contributed by atoms with Gasteiger partial charge in [-0.05, 0) is 42.8 Å². The number of anilines is 1. The summed E-state index contributed by atoms with van der Waals surface area (Å²) in [5.41, 5.74) is -2.09. The molecule has 2 aliphatic rings. The molecule has 2 fully saturated rings. The lowest BCUT2D eigenvalue weighted by Gasteiger charge is -2.30. The minimum Gasteiger partial charge on any atom is -0.493 e. The Morgan fingerprint density at radius 2 is 1.89 bits per heavy atom. The number of rotatable bonds is 10. The van der Waals surface area contributed by atoms with Gasteiger partial charge < -0.3 is 34.5 Å². The molecule has 5 rings (SSSR count). The van der Waals surface area contributed by atoms with Gasteiger partial charge in [-0.2, -0.15) is 4.98 Å². The molecule has 1 unspecified atom stereocenters. The van der Waals surface area contributed by atoms with Crippen LogP contribution in [0.5, 0.6) is 17.2 Å². The van der Waals surface area contributed by atoms with Gasteiger partial charge in [0.15, 0.2) is 17.7 Å². The second-order valence-electron chi connectivity index (χ2n) is 10.6. The molecule has 248 valence electrons. The molecule has 17 heteroatoms. The zero-order valence-corrected chi connectivity index (χ0v) is 26.9. The fourth-order valence-corrected chi connectivity index (χ4v) is 6.71. The molecule has 1 aromatic heterocycles. The van der Waals surface area contributed by atoms with Crippen molar-refractivity contribution in [2.24, 2.45) is 0 Å². The summed E-state index contributed by atoms with van der Waals surface area (Å²) < 4.78 is 52.2. The Morgan fingerprint density at radius 1 is 1.17 bits per heavy atom. The summed E-state index contributed by atoms with van der Waals surface area (Å²) >= 11 is 6.07. The molecule has 0 bridgehead atoms. The number of aliphatic hydroxyl groups excluding tert-OH is 1. The molecular weight excluding hydrogens is 649 g/mol. The van der Waals surface area contributed by atoms with Crippen LogP contribution in [0, 0.1) is 0 Å². The molecule has 0 radical (unpaired) electrons. The molecule has 2 aromatic carbocycles. The predicted octanol–water partition coefficient (Wildman–Crippen LogP) is 3.49. The number of hydrogen-bond donors (Lipinski definition) is 3. The van der Waals surface area contributed by atoms with Crippen LogP contribution in [-0.2, 0) is 22.9 Å². The molecule has 0 spiro atoms. The second-order valence-corrected chi connectivity index (χ2v) is 12.6. The van der Waals surface area contributed by atoms with Crippen molar-refractivity contribution in [3.63, 3.8) is 0 Å². The Bertz CT molecular complexity index is 1680. The van der Waals surface area contributed by atoms with Crippen molar-refractivity contribution in [1.29, 1.82) is 0 Å².